The normalized spacial score (nSPS) is 10.5. The number of hydrogen-bond donors (Lipinski definition) is 0. The summed E-state index contributed by atoms with van der Waals surface area (Å²) >= 11 is 0. The second-order valence-electron chi connectivity index (χ2n) is 7.82. The third kappa shape index (κ3) is 4.31. The molecule has 6 rings (SSSR count). The highest BCUT2D eigenvalue weighted by Gasteiger charge is 1.99. The maximum atomic E-state index is 2.18. The Balaban J connectivity index is 0.000000139. The quantitative estimate of drug-likeness (QED) is 0.251. The Bertz CT molecular complexity index is 1320. The maximum absolute atomic E-state index is 2.18. The van der Waals surface area contributed by atoms with Gasteiger partial charge in [0, 0.05) is 0 Å². The lowest BCUT2D eigenvalue weighted by Crippen LogP contribution is -1.79. The summed E-state index contributed by atoms with van der Waals surface area (Å²) in [6.45, 7) is 0. The van der Waals surface area contributed by atoms with Gasteiger partial charge in [-0.1, -0.05) is 146 Å². The molecule has 0 atom stereocenters. The second kappa shape index (κ2) is 9.32. The van der Waals surface area contributed by atoms with Crippen molar-refractivity contribution < 1.29 is 0 Å². The van der Waals surface area contributed by atoms with E-state index in [1.807, 2.05) is 12.1 Å². The molecule has 6 aromatic carbocycles. The molecule has 0 aliphatic heterocycles. The van der Waals surface area contributed by atoms with Crippen LogP contribution in [0, 0.1) is 0 Å². The summed E-state index contributed by atoms with van der Waals surface area (Å²) in [5.41, 5.74) is 5.04. The molecule has 0 amide bonds. The molecule has 0 N–H and O–H groups in total. The first-order valence-electron chi connectivity index (χ1n) is 11.0. The van der Waals surface area contributed by atoms with E-state index < -0.39 is 0 Å². The highest BCUT2D eigenvalue weighted by Crippen LogP contribution is 2.25. The fourth-order valence-electron chi connectivity index (χ4n) is 4.07. The second-order valence-corrected chi connectivity index (χ2v) is 7.82. The Morgan fingerprint density at radius 1 is 0.219 bits per heavy atom. The molecule has 0 fully saturated rings. The number of fused-ring (bicyclic) bond motifs is 3. The molecule has 0 unspecified atom stereocenters. The van der Waals surface area contributed by atoms with Gasteiger partial charge in [0.25, 0.3) is 0 Å². The first kappa shape index (κ1) is 19.8. The summed E-state index contributed by atoms with van der Waals surface area (Å²) in [5.74, 6) is 0. The topological polar surface area (TPSA) is 0 Å². The van der Waals surface area contributed by atoms with Gasteiger partial charge in [-0.15, -0.1) is 0 Å². The molecule has 152 valence electrons. The lowest BCUT2D eigenvalue weighted by molar-refractivity contribution is 1.59. The van der Waals surface area contributed by atoms with E-state index in [2.05, 4.69) is 133 Å². The van der Waals surface area contributed by atoms with Crippen molar-refractivity contribution in [2.45, 2.75) is 0 Å². The van der Waals surface area contributed by atoms with Gasteiger partial charge in [-0.25, -0.2) is 0 Å². The van der Waals surface area contributed by atoms with E-state index in [0.717, 1.165) is 0 Å². The zero-order chi connectivity index (χ0) is 21.6. The zero-order valence-corrected chi connectivity index (χ0v) is 17.9. The van der Waals surface area contributed by atoms with Crippen molar-refractivity contribution in [2.24, 2.45) is 0 Å². The van der Waals surface area contributed by atoms with Crippen LogP contribution in [0.1, 0.15) is 0 Å². The SMILES string of the molecule is c1ccc(-c2ccc(-c3ccccc3)cc2)cc1.c1ccc2c(c1)ccc1ccccc12. The smallest absolute Gasteiger partial charge is 0.0105 e. The summed E-state index contributed by atoms with van der Waals surface area (Å²) in [4.78, 5) is 0. The Morgan fingerprint density at radius 2 is 0.531 bits per heavy atom. The number of rotatable bonds is 2. The summed E-state index contributed by atoms with van der Waals surface area (Å²) in [6, 6.07) is 51.0. The molecular weight excluding hydrogens is 384 g/mol. The first-order chi connectivity index (χ1) is 15.9. The van der Waals surface area contributed by atoms with Gasteiger partial charge in [0.1, 0.15) is 0 Å². The fraction of sp³-hybridized carbons (Fsp3) is 0. The van der Waals surface area contributed by atoms with Crippen LogP contribution in [0.25, 0.3) is 43.8 Å². The Kier molecular flexibility index (Phi) is 5.76. The molecule has 0 aliphatic rings. The summed E-state index contributed by atoms with van der Waals surface area (Å²) in [5, 5.41) is 5.30. The van der Waals surface area contributed by atoms with Crippen LogP contribution in [0.5, 0.6) is 0 Å². The van der Waals surface area contributed by atoms with Gasteiger partial charge >= 0.3 is 0 Å². The minimum atomic E-state index is 1.26. The molecule has 0 heteroatoms. The molecule has 6 aromatic rings. The zero-order valence-electron chi connectivity index (χ0n) is 17.9. The Hall–Kier alpha value is -4.16. The predicted octanol–water partition coefficient (Wildman–Crippen LogP) is 9.01. The largest absolute Gasteiger partial charge is 0.0622 e. The minimum Gasteiger partial charge on any atom is -0.0622 e. The summed E-state index contributed by atoms with van der Waals surface area (Å²) < 4.78 is 0. The van der Waals surface area contributed by atoms with Gasteiger partial charge in [-0.3, -0.25) is 0 Å². The molecule has 0 heterocycles. The van der Waals surface area contributed by atoms with E-state index in [-0.39, 0.29) is 0 Å². The molecule has 0 nitrogen and oxygen atoms in total. The first-order valence-corrected chi connectivity index (χ1v) is 11.0. The van der Waals surface area contributed by atoms with Crippen molar-refractivity contribution in [1.82, 2.24) is 0 Å². The van der Waals surface area contributed by atoms with Gasteiger partial charge in [0.05, 0.1) is 0 Å². The average Bonchev–Trinajstić information content (AvgIpc) is 2.90. The van der Waals surface area contributed by atoms with Crippen molar-refractivity contribution in [3.63, 3.8) is 0 Å². The third-order valence-corrected chi connectivity index (χ3v) is 5.75. The van der Waals surface area contributed by atoms with Crippen LogP contribution in [0.15, 0.2) is 146 Å². The summed E-state index contributed by atoms with van der Waals surface area (Å²) in [7, 11) is 0. The standard InChI is InChI=1S/C18H14.C14H10/c1-3-7-15(8-4-1)17-11-13-18(14-12-17)16-9-5-2-6-10-16;1-3-7-13-11(5-1)9-10-12-6-2-4-8-14(12)13/h1-14H;1-10H. The molecule has 32 heavy (non-hydrogen) atoms. The van der Waals surface area contributed by atoms with Crippen molar-refractivity contribution >= 4 is 21.5 Å². The van der Waals surface area contributed by atoms with Crippen LogP contribution in [-0.4, -0.2) is 0 Å². The van der Waals surface area contributed by atoms with Crippen LogP contribution in [0.2, 0.25) is 0 Å². The lowest BCUT2D eigenvalue weighted by Gasteiger charge is -2.04. The van der Waals surface area contributed by atoms with Crippen LogP contribution in [-0.2, 0) is 0 Å². The van der Waals surface area contributed by atoms with E-state index in [1.165, 1.54) is 43.8 Å². The maximum Gasteiger partial charge on any atom is -0.0105 e. The Morgan fingerprint density at radius 3 is 0.938 bits per heavy atom. The lowest BCUT2D eigenvalue weighted by atomic mass is 10.0. The van der Waals surface area contributed by atoms with Crippen LogP contribution >= 0.6 is 0 Å². The molecule has 0 spiro atoms. The van der Waals surface area contributed by atoms with E-state index in [0.29, 0.717) is 0 Å². The van der Waals surface area contributed by atoms with Crippen LogP contribution < -0.4 is 0 Å². The van der Waals surface area contributed by atoms with Crippen molar-refractivity contribution in [2.75, 3.05) is 0 Å². The fourth-order valence-corrected chi connectivity index (χ4v) is 4.07. The number of benzene rings is 6. The van der Waals surface area contributed by atoms with Gasteiger partial charge in [0.15, 0.2) is 0 Å². The van der Waals surface area contributed by atoms with Gasteiger partial charge < -0.3 is 0 Å². The molecular formula is C32H24. The van der Waals surface area contributed by atoms with Gasteiger partial charge in [-0.2, -0.15) is 0 Å². The van der Waals surface area contributed by atoms with E-state index in [9.17, 15) is 0 Å². The molecule has 0 radical (unpaired) electrons. The van der Waals surface area contributed by atoms with Crippen molar-refractivity contribution in [3.05, 3.63) is 146 Å². The molecule has 0 saturated carbocycles. The van der Waals surface area contributed by atoms with Crippen LogP contribution in [0.4, 0.5) is 0 Å². The van der Waals surface area contributed by atoms with Crippen molar-refractivity contribution in [3.8, 4) is 22.3 Å². The number of hydrogen-bond acceptors (Lipinski definition) is 0. The van der Waals surface area contributed by atoms with E-state index in [4.69, 9.17) is 0 Å². The summed E-state index contributed by atoms with van der Waals surface area (Å²) in [6.07, 6.45) is 0. The van der Waals surface area contributed by atoms with Crippen molar-refractivity contribution in [1.29, 1.82) is 0 Å². The third-order valence-electron chi connectivity index (χ3n) is 5.75. The van der Waals surface area contributed by atoms with E-state index in [1.54, 1.807) is 0 Å². The van der Waals surface area contributed by atoms with Crippen LogP contribution in [0.3, 0.4) is 0 Å². The monoisotopic (exact) mass is 408 g/mol. The Labute approximate surface area is 189 Å². The predicted molar refractivity (Wildman–Crippen MR) is 139 cm³/mol. The highest BCUT2D eigenvalue weighted by atomic mass is 14.0. The molecule has 0 bridgehead atoms. The molecule has 0 aliphatic carbocycles. The molecule has 0 aromatic heterocycles. The van der Waals surface area contributed by atoms with E-state index >= 15 is 0 Å². The molecule has 0 saturated heterocycles. The highest BCUT2D eigenvalue weighted by molar-refractivity contribution is 6.07. The minimum absolute atomic E-state index is 1.26. The van der Waals surface area contributed by atoms with Gasteiger partial charge in [-0.05, 0) is 43.8 Å². The average molecular weight is 409 g/mol. The van der Waals surface area contributed by atoms with Gasteiger partial charge in [0.2, 0.25) is 0 Å².